The van der Waals surface area contributed by atoms with Crippen molar-refractivity contribution in [3.05, 3.63) is 64.2 Å². The van der Waals surface area contributed by atoms with E-state index >= 15 is 0 Å². The summed E-state index contributed by atoms with van der Waals surface area (Å²) in [5, 5.41) is 3.46. The molecule has 1 aliphatic rings. The SMILES string of the molecule is Cc1ccc(C)c(CSc2c(C)cccc2C2=NCCCN2)c1. The van der Waals surface area contributed by atoms with Gasteiger partial charge in [-0.15, -0.1) is 11.8 Å². The van der Waals surface area contributed by atoms with Gasteiger partial charge in [-0.2, -0.15) is 0 Å². The van der Waals surface area contributed by atoms with Gasteiger partial charge in [0.15, 0.2) is 0 Å². The molecule has 3 rings (SSSR count). The zero-order chi connectivity index (χ0) is 16.2. The molecule has 0 saturated heterocycles. The number of thioether (sulfide) groups is 1. The van der Waals surface area contributed by atoms with E-state index in [4.69, 9.17) is 0 Å². The molecule has 0 atom stereocenters. The number of amidine groups is 1. The molecule has 0 amide bonds. The Morgan fingerprint density at radius 3 is 2.74 bits per heavy atom. The van der Waals surface area contributed by atoms with Crippen LogP contribution >= 0.6 is 11.8 Å². The van der Waals surface area contributed by atoms with E-state index in [1.165, 1.54) is 32.7 Å². The Morgan fingerprint density at radius 1 is 1.09 bits per heavy atom. The van der Waals surface area contributed by atoms with Gasteiger partial charge < -0.3 is 5.32 Å². The van der Waals surface area contributed by atoms with Crippen LogP contribution in [0.2, 0.25) is 0 Å². The Labute approximate surface area is 143 Å². The molecule has 2 aromatic rings. The van der Waals surface area contributed by atoms with Crippen LogP contribution in [-0.2, 0) is 5.75 Å². The van der Waals surface area contributed by atoms with Gasteiger partial charge in [0.1, 0.15) is 5.84 Å². The normalized spacial score (nSPS) is 14.3. The van der Waals surface area contributed by atoms with Crippen LogP contribution < -0.4 is 5.32 Å². The van der Waals surface area contributed by atoms with Crippen molar-refractivity contribution in [1.82, 2.24) is 5.32 Å². The highest BCUT2D eigenvalue weighted by Gasteiger charge is 2.14. The maximum absolute atomic E-state index is 4.68. The van der Waals surface area contributed by atoms with Gasteiger partial charge in [0.2, 0.25) is 0 Å². The van der Waals surface area contributed by atoms with Gasteiger partial charge in [-0.1, -0.05) is 42.0 Å². The Balaban J connectivity index is 1.87. The lowest BCUT2D eigenvalue weighted by Crippen LogP contribution is -2.30. The zero-order valence-electron chi connectivity index (χ0n) is 14.1. The second-order valence-corrected chi connectivity index (χ2v) is 7.17. The fraction of sp³-hybridized carbons (Fsp3) is 0.350. The molecule has 3 heteroatoms. The van der Waals surface area contributed by atoms with Crippen molar-refractivity contribution in [3.8, 4) is 0 Å². The molecule has 2 aromatic carbocycles. The monoisotopic (exact) mass is 324 g/mol. The van der Waals surface area contributed by atoms with E-state index in [2.05, 4.69) is 67.5 Å². The summed E-state index contributed by atoms with van der Waals surface area (Å²) in [5.41, 5.74) is 6.69. The van der Waals surface area contributed by atoms with Crippen molar-refractivity contribution in [2.75, 3.05) is 13.1 Å². The number of hydrogen-bond acceptors (Lipinski definition) is 3. The maximum atomic E-state index is 4.68. The lowest BCUT2D eigenvalue weighted by atomic mass is 10.1. The Morgan fingerprint density at radius 2 is 1.96 bits per heavy atom. The summed E-state index contributed by atoms with van der Waals surface area (Å²) in [4.78, 5) is 6.03. The highest BCUT2D eigenvalue weighted by atomic mass is 32.2. The van der Waals surface area contributed by atoms with Gasteiger partial charge in [0, 0.05) is 29.3 Å². The highest BCUT2D eigenvalue weighted by molar-refractivity contribution is 7.98. The second kappa shape index (κ2) is 7.22. The standard InChI is InChI=1S/C20H24N2S/c1-14-8-9-15(2)17(12-14)13-23-19-16(3)6-4-7-18(19)20-21-10-5-11-22-20/h4,6-9,12H,5,10-11,13H2,1-3H3,(H,21,22). The van der Waals surface area contributed by atoms with Gasteiger partial charge in [0.05, 0.1) is 0 Å². The predicted octanol–water partition coefficient (Wildman–Crippen LogP) is 4.64. The number of aryl methyl sites for hydroxylation is 3. The molecule has 0 aromatic heterocycles. The molecule has 0 bridgehead atoms. The van der Waals surface area contributed by atoms with E-state index in [0.29, 0.717) is 0 Å². The first-order chi connectivity index (χ1) is 11.1. The van der Waals surface area contributed by atoms with Gasteiger partial charge in [-0.3, -0.25) is 4.99 Å². The first-order valence-corrected chi connectivity index (χ1v) is 9.21. The van der Waals surface area contributed by atoms with Crippen LogP contribution in [0.3, 0.4) is 0 Å². The molecular weight excluding hydrogens is 300 g/mol. The lowest BCUT2D eigenvalue weighted by Gasteiger charge is -2.19. The van der Waals surface area contributed by atoms with Crippen LogP contribution in [0.4, 0.5) is 0 Å². The molecule has 23 heavy (non-hydrogen) atoms. The fourth-order valence-corrected chi connectivity index (χ4v) is 4.08. The Hall–Kier alpha value is -1.74. The molecule has 0 unspecified atom stereocenters. The topological polar surface area (TPSA) is 24.4 Å². The second-order valence-electron chi connectivity index (χ2n) is 6.18. The first kappa shape index (κ1) is 16.1. The summed E-state index contributed by atoms with van der Waals surface area (Å²) in [6.07, 6.45) is 1.13. The highest BCUT2D eigenvalue weighted by Crippen LogP contribution is 2.31. The Bertz CT molecular complexity index is 734. The summed E-state index contributed by atoms with van der Waals surface area (Å²) in [7, 11) is 0. The zero-order valence-corrected chi connectivity index (χ0v) is 15.0. The molecule has 1 aliphatic heterocycles. The molecule has 0 spiro atoms. The summed E-state index contributed by atoms with van der Waals surface area (Å²) < 4.78 is 0. The summed E-state index contributed by atoms with van der Waals surface area (Å²) >= 11 is 1.92. The minimum absolute atomic E-state index is 0.928. The van der Waals surface area contributed by atoms with Crippen LogP contribution in [0.1, 0.15) is 34.2 Å². The number of nitrogens with one attached hydrogen (secondary N) is 1. The van der Waals surface area contributed by atoms with Crippen molar-refractivity contribution in [1.29, 1.82) is 0 Å². The molecule has 1 heterocycles. The first-order valence-electron chi connectivity index (χ1n) is 8.22. The average molecular weight is 324 g/mol. The van der Waals surface area contributed by atoms with E-state index in [1.54, 1.807) is 0 Å². The number of hydrogen-bond donors (Lipinski definition) is 1. The number of rotatable bonds is 4. The minimum atomic E-state index is 0.928. The summed E-state index contributed by atoms with van der Waals surface area (Å²) in [6, 6.07) is 13.2. The third kappa shape index (κ3) is 3.78. The summed E-state index contributed by atoms with van der Waals surface area (Å²) in [6.45, 7) is 8.50. The van der Waals surface area contributed by atoms with E-state index in [9.17, 15) is 0 Å². The minimum Gasteiger partial charge on any atom is -0.370 e. The van der Waals surface area contributed by atoms with Crippen molar-refractivity contribution in [3.63, 3.8) is 0 Å². The quantitative estimate of drug-likeness (QED) is 0.828. The van der Waals surface area contributed by atoms with Crippen molar-refractivity contribution in [2.45, 2.75) is 37.8 Å². The summed E-state index contributed by atoms with van der Waals surface area (Å²) in [5.74, 6) is 2.06. The molecule has 0 fully saturated rings. The van der Waals surface area contributed by atoms with E-state index in [0.717, 1.165) is 31.1 Å². The molecule has 2 nitrogen and oxygen atoms in total. The van der Waals surface area contributed by atoms with Gasteiger partial charge >= 0.3 is 0 Å². The third-order valence-corrected chi connectivity index (χ3v) is 5.53. The number of aliphatic imine (C=N–C) groups is 1. The van der Waals surface area contributed by atoms with Crippen LogP contribution in [0, 0.1) is 20.8 Å². The van der Waals surface area contributed by atoms with Crippen molar-refractivity contribution >= 4 is 17.6 Å². The molecule has 1 N–H and O–H groups in total. The van der Waals surface area contributed by atoms with Crippen molar-refractivity contribution in [2.24, 2.45) is 4.99 Å². The van der Waals surface area contributed by atoms with E-state index in [1.807, 2.05) is 11.8 Å². The third-order valence-electron chi connectivity index (χ3n) is 4.24. The van der Waals surface area contributed by atoms with Gasteiger partial charge in [-0.25, -0.2) is 0 Å². The Kier molecular flexibility index (Phi) is 5.06. The number of nitrogens with zero attached hydrogens (tertiary/aromatic N) is 1. The van der Waals surface area contributed by atoms with Gasteiger partial charge in [0.25, 0.3) is 0 Å². The van der Waals surface area contributed by atoms with E-state index < -0.39 is 0 Å². The molecule has 0 radical (unpaired) electrons. The van der Waals surface area contributed by atoms with Crippen LogP contribution in [0.5, 0.6) is 0 Å². The number of benzene rings is 2. The molecular formula is C20H24N2S. The molecule has 0 saturated carbocycles. The average Bonchev–Trinajstić information content (AvgIpc) is 2.57. The predicted molar refractivity (Wildman–Crippen MR) is 101 cm³/mol. The smallest absolute Gasteiger partial charge is 0.129 e. The van der Waals surface area contributed by atoms with E-state index in [-0.39, 0.29) is 0 Å². The van der Waals surface area contributed by atoms with Crippen molar-refractivity contribution < 1.29 is 0 Å². The van der Waals surface area contributed by atoms with Crippen LogP contribution in [-0.4, -0.2) is 18.9 Å². The van der Waals surface area contributed by atoms with Crippen LogP contribution in [0.15, 0.2) is 46.3 Å². The maximum Gasteiger partial charge on any atom is 0.129 e. The molecule has 120 valence electrons. The fourth-order valence-electron chi connectivity index (χ4n) is 2.85. The lowest BCUT2D eigenvalue weighted by molar-refractivity contribution is 0.741. The largest absolute Gasteiger partial charge is 0.370 e. The van der Waals surface area contributed by atoms with Crippen LogP contribution in [0.25, 0.3) is 0 Å². The molecule has 0 aliphatic carbocycles. The van der Waals surface area contributed by atoms with Gasteiger partial charge in [-0.05, 0) is 43.9 Å².